The van der Waals surface area contributed by atoms with Gasteiger partial charge in [0.15, 0.2) is 11.5 Å². The van der Waals surface area contributed by atoms with E-state index in [9.17, 15) is 18.5 Å². The molecule has 0 N–H and O–H groups in total. The molecule has 0 saturated carbocycles. The van der Waals surface area contributed by atoms with Crippen molar-refractivity contribution in [2.24, 2.45) is 0 Å². The molecule has 2 rings (SSSR count). The van der Waals surface area contributed by atoms with Gasteiger partial charge in [0, 0.05) is 6.42 Å². The van der Waals surface area contributed by atoms with E-state index in [-0.39, 0.29) is 22.8 Å². The van der Waals surface area contributed by atoms with Crippen LogP contribution in [0, 0.1) is 11.3 Å². The number of esters is 1. The first-order valence-corrected chi connectivity index (χ1v) is 9.21. The zero-order chi connectivity index (χ0) is 19.2. The third-order valence-corrected chi connectivity index (χ3v) is 5.13. The summed E-state index contributed by atoms with van der Waals surface area (Å²) < 4.78 is 35.5. The van der Waals surface area contributed by atoms with E-state index in [0.717, 1.165) is 0 Å². The fourth-order valence-corrected chi connectivity index (χ4v) is 3.28. The van der Waals surface area contributed by atoms with E-state index in [1.54, 1.807) is 37.3 Å². The van der Waals surface area contributed by atoms with Crippen molar-refractivity contribution in [1.29, 1.82) is 5.26 Å². The SMILES string of the molecule is CCC(=O)Oc1ccc(/C=C(\C#N)S(=O)(=O)c2ccccc2)cc1OC. The summed E-state index contributed by atoms with van der Waals surface area (Å²) in [6, 6.07) is 14.0. The molecular formula is C19H17NO5S. The van der Waals surface area contributed by atoms with Crippen molar-refractivity contribution in [1.82, 2.24) is 0 Å². The quantitative estimate of drug-likeness (QED) is 0.439. The Balaban J connectivity index is 2.44. The monoisotopic (exact) mass is 371 g/mol. The number of hydrogen-bond acceptors (Lipinski definition) is 6. The molecule has 0 radical (unpaired) electrons. The zero-order valence-electron chi connectivity index (χ0n) is 14.3. The van der Waals surface area contributed by atoms with Crippen LogP contribution < -0.4 is 9.47 Å². The highest BCUT2D eigenvalue weighted by atomic mass is 32.2. The van der Waals surface area contributed by atoms with E-state index in [4.69, 9.17) is 9.47 Å². The smallest absolute Gasteiger partial charge is 0.311 e. The Bertz CT molecular complexity index is 973. The molecule has 0 saturated heterocycles. The van der Waals surface area contributed by atoms with Gasteiger partial charge in [-0.1, -0.05) is 31.2 Å². The van der Waals surface area contributed by atoms with Crippen LogP contribution in [0.25, 0.3) is 6.08 Å². The lowest BCUT2D eigenvalue weighted by atomic mass is 10.2. The summed E-state index contributed by atoms with van der Waals surface area (Å²) in [5, 5.41) is 9.32. The van der Waals surface area contributed by atoms with Gasteiger partial charge in [-0.15, -0.1) is 0 Å². The highest BCUT2D eigenvalue weighted by Crippen LogP contribution is 2.30. The first-order valence-electron chi connectivity index (χ1n) is 7.73. The fraction of sp³-hybridized carbons (Fsp3) is 0.158. The van der Waals surface area contributed by atoms with Gasteiger partial charge in [-0.3, -0.25) is 4.79 Å². The number of rotatable bonds is 6. The lowest BCUT2D eigenvalue weighted by molar-refractivity contribution is -0.134. The number of sulfone groups is 1. The summed E-state index contributed by atoms with van der Waals surface area (Å²) in [4.78, 5) is 11.1. The van der Waals surface area contributed by atoms with Gasteiger partial charge in [0.05, 0.1) is 12.0 Å². The minimum Gasteiger partial charge on any atom is -0.493 e. The number of carbonyl (C=O) groups is 1. The van der Waals surface area contributed by atoms with Gasteiger partial charge >= 0.3 is 5.97 Å². The minimum absolute atomic E-state index is 0.0354. The number of ether oxygens (including phenoxy) is 2. The summed E-state index contributed by atoms with van der Waals surface area (Å²) in [5.41, 5.74) is 0.425. The molecule has 0 aliphatic carbocycles. The fourth-order valence-electron chi connectivity index (χ4n) is 2.10. The summed E-state index contributed by atoms with van der Waals surface area (Å²) in [7, 11) is -2.53. The Hall–Kier alpha value is -3.11. The number of methoxy groups -OCH3 is 1. The van der Waals surface area contributed by atoms with Gasteiger partial charge in [-0.25, -0.2) is 8.42 Å². The molecule has 0 atom stereocenters. The lowest BCUT2D eigenvalue weighted by Crippen LogP contribution is -2.06. The maximum Gasteiger partial charge on any atom is 0.311 e. The second kappa shape index (κ2) is 8.32. The maximum absolute atomic E-state index is 12.6. The first kappa shape index (κ1) is 19.2. The van der Waals surface area contributed by atoms with Crippen LogP contribution >= 0.6 is 0 Å². The third kappa shape index (κ3) is 4.29. The molecule has 0 spiro atoms. The van der Waals surface area contributed by atoms with Crippen LogP contribution in [0.3, 0.4) is 0 Å². The van der Waals surface area contributed by atoms with Crippen molar-refractivity contribution in [3.63, 3.8) is 0 Å². The molecular weight excluding hydrogens is 354 g/mol. The van der Waals surface area contributed by atoms with Gasteiger partial charge in [0.25, 0.3) is 0 Å². The van der Waals surface area contributed by atoms with Crippen molar-refractivity contribution in [2.75, 3.05) is 7.11 Å². The Kier molecular flexibility index (Phi) is 6.15. The molecule has 0 bridgehead atoms. The van der Waals surface area contributed by atoms with Crippen LogP contribution in [-0.4, -0.2) is 21.5 Å². The summed E-state index contributed by atoms with van der Waals surface area (Å²) in [6.07, 6.45) is 1.45. The number of benzene rings is 2. The standard InChI is InChI=1S/C19H17NO5S/c1-3-19(21)25-17-10-9-14(12-18(17)24-2)11-16(13-20)26(22,23)15-7-5-4-6-8-15/h4-12H,3H2,1-2H3/b16-11+. The Morgan fingerprint density at radius 2 is 1.85 bits per heavy atom. The normalized spacial score (nSPS) is 11.5. The van der Waals surface area contributed by atoms with Crippen LogP contribution in [0.1, 0.15) is 18.9 Å². The molecule has 0 unspecified atom stereocenters. The first-order chi connectivity index (χ1) is 12.4. The van der Waals surface area contributed by atoms with Crippen molar-refractivity contribution in [2.45, 2.75) is 18.2 Å². The van der Waals surface area contributed by atoms with Gasteiger partial charge in [0.2, 0.25) is 9.84 Å². The largest absolute Gasteiger partial charge is 0.493 e. The van der Waals surface area contributed by atoms with E-state index in [1.165, 1.54) is 37.5 Å². The predicted octanol–water partition coefficient (Wildman–Crippen LogP) is 3.35. The van der Waals surface area contributed by atoms with Gasteiger partial charge in [-0.2, -0.15) is 5.26 Å². The number of hydrogen-bond donors (Lipinski definition) is 0. The number of nitriles is 1. The van der Waals surface area contributed by atoms with Crippen LogP contribution in [0.5, 0.6) is 11.5 Å². The van der Waals surface area contributed by atoms with E-state index in [0.29, 0.717) is 5.56 Å². The van der Waals surface area contributed by atoms with Crippen LogP contribution in [-0.2, 0) is 14.6 Å². The topological polar surface area (TPSA) is 93.5 Å². The van der Waals surface area contributed by atoms with E-state index >= 15 is 0 Å². The Morgan fingerprint density at radius 3 is 2.42 bits per heavy atom. The van der Waals surface area contributed by atoms with Gasteiger partial charge in [-0.05, 0) is 35.9 Å². The average molecular weight is 371 g/mol. The zero-order valence-corrected chi connectivity index (χ0v) is 15.1. The molecule has 2 aromatic rings. The van der Waals surface area contributed by atoms with E-state index < -0.39 is 20.7 Å². The van der Waals surface area contributed by atoms with E-state index in [1.807, 2.05) is 0 Å². The molecule has 0 aromatic heterocycles. The van der Waals surface area contributed by atoms with Gasteiger partial charge < -0.3 is 9.47 Å². The molecule has 2 aromatic carbocycles. The Morgan fingerprint density at radius 1 is 1.15 bits per heavy atom. The molecule has 7 heteroatoms. The number of nitrogens with zero attached hydrogens (tertiary/aromatic N) is 1. The molecule has 0 aliphatic rings. The van der Waals surface area contributed by atoms with Crippen molar-refractivity contribution >= 4 is 21.9 Å². The second-order valence-corrected chi connectivity index (χ2v) is 7.09. The highest BCUT2D eigenvalue weighted by Gasteiger charge is 2.20. The maximum atomic E-state index is 12.6. The molecule has 26 heavy (non-hydrogen) atoms. The van der Waals surface area contributed by atoms with Crippen molar-refractivity contribution in [3.8, 4) is 17.6 Å². The summed E-state index contributed by atoms with van der Waals surface area (Å²) in [5.74, 6) is 0.0619. The van der Waals surface area contributed by atoms with Crippen molar-refractivity contribution in [3.05, 3.63) is 59.0 Å². The van der Waals surface area contributed by atoms with Crippen LogP contribution in [0.15, 0.2) is 58.3 Å². The summed E-state index contributed by atoms with van der Waals surface area (Å²) >= 11 is 0. The molecule has 0 heterocycles. The molecule has 0 fully saturated rings. The molecule has 0 aliphatic heterocycles. The van der Waals surface area contributed by atoms with E-state index in [2.05, 4.69) is 0 Å². The van der Waals surface area contributed by atoms with Crippen LogP contribution in [0.2, 0.25) is 0 Å². The lowest BCUT2D eigenvalue weighted by Gasteiger charge is -2.09. The molecule has 6 nitrogen and oxygen atoms in total. The minimum atomic E-state index is -3.93. The number of allylic oxidation sites excluding steroid dienone is 1. The summed E-state index contributed by atoms with van der Waals surface area (Å²) in [6.45, 7) is 1.67. The van der Waals surface area contributed by atoms with Gasteiger partial charge in [0.1, 0.15) is 11.0 Å². The second-order valence-electron chi connectivity index (χ2n) is 5.17. The van der Waals surface area contributed by atoms with Crippen LogP contribution in [0.4, 0.5) is 0 Å². The third-order valence-electron chi connectivity index (χ3n) is 3.45. The predicted molar refractivity (Wildman–Crippen MR) is 96.1 cm³/mol. The Labute approximate surface area is 152 Å². The number of carbonyl (C=O) groups excluding carboxylic acids is 1. The molecule has 134 valence electrons. The van der Waals surface area contributed by atoms with Crippen molar-refractivity contribution < 1.29 is 22.7 Å². The highest BCUT2D eigenvalue weighted by molar-refractivity contribution is 7.95. The average Bonchev–Trinajstić information content (AvgIpc) is 2.67. The molecule has 0 amide bonds.